The monoisotopic (exact) mass is 292 g/mol. The van der Waals surface area contributed by atoms with Crippen molar-refractivity contribution in [2.75, 3.05) is 20.3 Å². The summed E-state index contributed by atoms with van der Waals surface area (Å²) in [5.41, 5.74) is 1.56. The van der Waals surface area contributed by atoms with Crippen molar-refractivity contribution in [1.29, 1.82) is 0 Å². The Labute approximate surface area is 122 Å². The van der Waals surface area contributed by atoms with Gasteiger partial charge in [0.1, 0.15) is 5.82 Å². The Bertz CT molecular complexity index is 581. The molecule has 2 rings (SSSR count). The predicted molar refractivity (Wildman–Crippen MR) is 75.1 cm³/mol. The minimum absolute atomic E-state index is 0.0571. The van der Waals surface area contributed by atoms with Crippen LogP contribution in [0, 0.1) is 5.82 Å². The first-order chi connectivity index (χ1) is 10.2. The lowest BCUT2D eigenvalue weighted by atomic mass is 10.1. The fourth-order valence-corrected chi connectivity index (χ4v) is 1.91. The number of carbonyl (C=O) groups is 1. The number of benzene rings is 1. The van der Waals surface area contributed by atoms with Gasteiger partial charge >= 0.3 is 0 Å². The molecule has 0 bridgehead atoms. The maximum absolute atomic E-state index is 12.9. The van der Waals surface area contributed by atoms with E-state index in [0.29, 0.717) is 31.8 Å². The topological polar surface area (TPSA) is 64.4 Å². The zero-order chi connectivity index (χ0) is 15.1. The van der Waals surface area contributed by atoms with Crippen LogP contribution in [0.4, 0.5) is 4.39 Å². The Morgan fingerprint density at radius 2 is 2.14 bits per heavy atom. The maximum atomic E-state index is 12.9. The van der Waals surface area contributed by atoms with Crippen molar-refractivity contribution in [2.24, 2.45) is 0 Å². The average molecular weight is 292 g/mol. The Morgan fingerprint density at radius 1 is 1.38 bits per heavy atom. The SMILES string of the molecule is COCCNC(=O)CCc1cnoc1-c1ccc(F)cc1. The number of rotatable bonds is 7. The molecule has 0 fully saturated rings. The summed E-state index contributed by atoms with van der Waals surface area (Å²) in [5, 5.41) is 6.50. The molecule has 21 heavy (non-hydrogen) atoms. The molecule has 0 saturated carbocycles. The van der Waals surface area contributed by atoms with E-state index in [4.69, 9.17) is 9.26 Å². The van der Waals surface area contributed by atoms with E-state index in [0.717, 1.165) is 11.1 Å². The lowest BCUT2D eigenvalue weighted by Gasteiger charge is -2.04. The fraction of sp³-hybridized carbons (Fsp3) is 0.333. The van der Waals surface area contributed by atoms with Crippen LogP contribution in [-0.4, -0.2) is 31.3 Å². The smallest absolute Gasteiger partial charge is 0.220 e. The van der Waals surface area contributed by atoms with Gasteiger partial charge in [-0.25, -0.2) is 4.39 Å². The van der Waals surface area contributed by atoms with Crippen LogP contribution in [0.3, 0.4) is 0 Å². The second kappa shape index (κ2) is 7.54. The van der Waals surface area contributed by atoms with Gasteiger partial charge in [-0.3, -0.25) is 4.79 Å². The zero-order valence-corrected chi connectivity index (χ0v) is 11.8. The molecule has 0 radical (unpaired) electrons. The Hall–Kier alpha value is -2.21. The Balaban J connectivity index is 1.94. The van der Waals surface area contributed by atoms with Crippen molar-refractivity contribution in [1.82, 2.24) is 10.5 Å². The fourth-order valence-electron chi connectivity index (χ4n) is 1.91. The summed E-state index contributed by atoms with van der Waals surface area (Å²) >= 11 is 0. The molecule has 1 aromatic carbocycles. The number of ether oxygens (including phenoxy) is 1. The van der Waals surface area contributed by atoms with Gasteiger partial charge < -0.3 is 14.6 Å². The van der Waals surface area contributed by atoms with Gasteiger partial charge in [0.25, 0.3) is 0 Å². The van der Waals surface area contributed by atoms with Crippen molar-refractivity contribution in [3.8, 4) is 11.3 Å². The quantitative estimate of drug-likeness (QED) is 0.794. The van der Waals surface area contributed by atoms with Gasteiger partial charge in [-0.15, -0.1) is 0 Å². The molecule has 0 unspecified atom stereocenters. The standard InChI is InChI=1S/C15H17FN2O3/c1-20-9-8-17-14(19)7-4-12-10-18-21-15(12)11-2-5-13(16)6-3-11/h2-3,5-6,10H,4,7-9H2,1H3,(H,17,19). The first kappa shape index (κ1) is 15.2. The highest BCUT2D eigenvalue weighted by Gasteiger charge is 2.12. The first-order valence-corrected chi connectivity index (χ1v) is 6.66. The van der Waals surface area contributed by atoms with E-state index in [9.17, 15) is 9.18 Å². The molecule has 0 aliphatic carbocycles. The molecule has 6 heteroatoms. The van der Waals surface area contributed by atoms with Gasteiger partial charge in [0.15, 0.2) is 5.76 Å². The summed E-state index contributed by atoms with van der Waals surface area (Å²) in [7, 11) is 1.58. The highest BCUT2D eigenvalue weighted by Crippen LogP contribution is 2.24. The number of amides is 1. The molecule has 1 N–H and O–H groups in total. The Morgan fingerprint density at radius 3 is 2.86 bits per heavy atom. The lowest BCUT2D eigenvalue weighted by Crippen LogP contribution is -2.27. The van der Waals surface area contributed by atoms with Gasteiger partial charge in [-0.1, -0.05) is 5.16 Å². The van der Waals surface area contributed by atoms with Crippen LogP contribution in [0.2, 0.25) is 0 Å². The van der Waals surface area contributed by atoms with Crippen molar-refractivity contribution in [3.63, 3.8) is 0 Å². The first-order valence-electron chi connectivity index (χ1n) is 6.66. The van der Waals surface area contributed by atoms with Crippen LogP contribution in [0.15, 0.2) is 35.0 Å². The summed E-state index contributed by atoms with van der Waals surface area (Å²) in [5.74, 6) is 0.204. The highest BCUT2D eigenvalue weighted by atomic mass is 19.1. The number of hydrogen-bond acceptors (Lipinski definition) is 4. The highest BCUT2D eigenvalue weighted by molar-refractivity contribution is 5.76. The number of nitrogens with zero attached hydrogens (tertiary/aromatic N) is 1. The van der Waals surface area contributed by atoms with Crippen LogP contribution in [0.1, 0.15) is 12.0 Å². The molecule has 1 aromatic heterocycles. The number of aromatic nitrogens is 1. The molecular formula is C15H17FN2O3. The second-order valence-electron chi connectivity index (χ2n) is 4.53. The molecule has 0 saturated heterocycles. The summed E-state index contributed by atoms with van der Waals surface area (Å²) in [6, 6.07) is 5.97. The number of carbonyl (C=O) groups excluding carboxylic acids is 1. The molecule has 1 heterocycles. The van der Waals surface area contributed by atoms with E-state index < -0.39 is 0 Å². The van der Waals surface area contributed by atoms with Crippen molar-refractivity contribution < 1.29 is 18.4 Å². The third-order valence-corrected chi connectivity index (χ3v) is 3.00. The van der Waals surface area contributed by atoms with E-state index in [1.807, 2.05) is 0 Å². The van der Waals surface area contributed by atoms with E-state index >= 15 is 0 Å². The molecule has 0 aliphatic heterocycles. The van der Waals surface area contributed by atoms with Crippen LogP contribution in [-0.2, 0) is 16.0 Å². The predicted octanol–water partition coefficient (Wildman–Crippen LogP) is 2.18. The van der Waals surface area contributed by atoms with Crippen molar-refractivity contribution in [2.45, 2.75) is 12.8 Å². The third-order valence-electron chi connectivity index (χ3n) is 3.00. The summed E-state index contributed by atoms with van der Waals surface area (Å²) in [6.45, 7) is 0.976. The van der Waals surface area contributed by atoms with E-state index in [2.05, 4.69) is 10.5 Å². The van der Waals surface area contributed by atoms with Crippen LogP contribution in [0.5, 0.6) is 0 Å². The van der Waals surface area contributed by atoms with Gasteiger partial charge in [0.05, 0.1) is 12.8 Å². The molecule has 112 valence electrons. The molecule has 0 spiro atoms. The zero-order valence-electron chi connectivity index (χ0n) is 11.8. The van der Waals surface area contributed by atoms with Crippen LogP contribution in [0.25, 0.3) is 11.3 Å². The third kappa shape index (κ3) is 4.39. The summed E-state index contributed by atoms with van der Waals surface area (Å²) in [4.78, 5) is 11.6. The number of nitrogens with one attached hydrogen (secondary N) is 1. The summed E-state index contributed by atoms with van der Waals surface area (Å²) in [6.07, 6.45) is 2.43. The molecule has 0 atom stereocenters. The van der Waals surface area contributed by atoms with Gasteiger partial charge in [-0.2, -0.15) is 0 Å². The number of aryl methyl sites for hydroxylation is 1. The van der Waals surface area contributed by atoms with Crippen molar-refractivity contribution >= 4 is 5.91 Å². The lowest BCUT2D eigenvalue weighted by molar-refractivity contribution is -0.121. The average Bonchev–Trinajstić information content (AvgIpc) is 2.95. The van der Waals surface area contributed by atoms with Crippen LogP contribution < -0.4 is 5.32 Å². The molecule has 1 amide bonds. The minimum atomic E-state index is -0.308. The van der Waals surface area contributed by atoms with Crippen molar-refractivity contribution in [3.05, 3.63) is 41.8 Å². The molecular weight excluding hydrogens is 275 g/mol. The number of hydrogen-bond donors (Lipinski definition) is 1. The molecule has 5 nitrogen and oxygen atoms in total. The second-order valence-corrected chi connectivity index (χ2v) is 4.53. The van der Waals surface area contributed by atoms with E-state index in [1.54, 1.807) is 25.4 Å². The Kier molecular flexibility index (Phi) is 5.45. The van der Waals surface area contributed by atoms with Crippen LogP contribution >= 0.6 is 0 Å². The van der Waals surface area contributed by atoms with Gasteiger partial charge in [0.2, 0.25) is 5.91 Å². The summed E-state index contributed by atoms with van der Waals surface area (Å²) < 4.78 is 23.0. The normalized spacial score (nSPS) is 10.6. The molecule has 2 aromatic rings. The van der Waals surface area contributed by atoms with E-state index in [1.165, 1.54) is 12.1 Å². The maximum Gasteiger partial charge on any atom is 0.220 e. The largest absolute Gasteiger partial charge is 0.383 e. The van der Waals surface area contributed by atoms with E-state index in [-0.39, 0.29) is 11.7 Å². The van der Waals surface area contributed by atoms with Gasteiger partial charge in [0, 0.05) is 31.2 Å². The van der Waals surface area contributed by atoms with Gasteiger partial charge in [-0.05, 0) is 30.7 Å². The molecule has 0 aliphatic rings. The number of halogens is 1. The number of methoxy groups -OCH3 is 1. The minimum Gasteiger partial charge on any atom is -0.383 e.